The fourth-order valence-corrected chi connectivity index (χ4v) is 2.12. The van der Waals surface area contributed by atoms with E-state index in [1.54, 1.807) is 13.0 Å². The Morgan fingerprint density at radius 2 is 1.76 bits per heavy atom. The van der Waals surface area contributed by atoms with Crippen molar-refractivity contribution >= 4 is 17.1 Å². The third kappa shape index (κ3) is 3.09. The van der Waals surface area contributed by atoms with E-state index in [0.29, 0.717) is 6.54 Å². The average molecular weight is 298 g/mol. The Hall–Kier alpha value is -2.24. The van der Waals surface area contributed by atoms with Gasteiger partial charge in [0.1, 0.15) is 5.82 Å². The topological polar surface area (TPSA) is 29.3 Å². The second kappa shape index (κ2) is 5.63. The van der Waals surface area contributed by atoms with E-state index >= 15 is 0 Å². The summed E-state index contributed by atoms with van der Waals surface area (Å²) in [5, 5.41) is 0. The zero-order chi connectivity index (χ0) is 15.6. The summed E-state index contributed by atoms with van der Waals surface area (Å²) in [7, 11) is 0. The maximum Gasteiger partial charge on any atom is 0.418 e. The normalized spacial score (nSPS) is 11.5. The van der Waals surface area contributed by atoms with Crippen molar-refractivity contribution in [3.63, 3.8) is 0 Å². The van der Waals surface area contributed by atoms with Crippen LogP contribution in [0.2, 0.25) is 0 Å². The molecule has 0 aromatic heterocycles. The average Bonchev–Trinajstić information content (AvgIpc) is 2.42. The molecule has 6 heteroatoms. The van der Waals surface area contributed by atoms with Gasteiger partial charge in [0.05, 0.1) is 11.3 Å². The third-order valence-corrected chi connectivity index (χ3v) is 3.11. The van der Waals surface area contributed by atoms with Crippen molar-refractivity contribution in [2.24, 2.45) is 0 Å². The van der Waals surface area contributed by atoms with E-state index in [1.807, 2.05) is 0 Å². The molecular formula is C15H14F4N2. The summed E-state index contributed by atoms with van der Waals surface area (Å²) in [5.74, 6) is -0.496. The highest BCUT2D eigenvalue weighted by atomic mass is 19.4. The maximum absolute atomic E-state index is 13.8. The van der Waals surface area contributed by atoms with Crippen LogP contribution in [0.25, 0.3) is 0 Å². The molecular weight excluding hydrogens is 284 g/mol. The predicted octanol–water partition coefficient (Wildman–Crippen LogP) is 4.58. The summed E-state index contributed by atoms with van der Waals surface area (Å²) >= 11 is 0. The number of rotatable bonds is 3. The first kappa shape index (κ1) is 15.2. The number of hydrogen-bond acceptors (Lipinski definition) is 2. The first-order valence-corrected chi connectivity index (χ1v) is 6.33. The van der Waals surface area contributed by atoms with Crippen LogP contribution < -0.4 is 10.6 Å². The fraction of sp³-hybridized carbons (Fsp3) is 0.200. The number of nitrogen functional groups attached to an aromatic ring is 1. The highest BCUT2D eigenvalue weighted by molar-refractivity contribution is 5.67. The molecule has 0 aliphatic heterocycles. The van der Waals surface area contributed by atoms with Crippen LogP contribution in [0.3, 0.4) is 0 Å². The highest BCUT2D eigenvalue weighted by Crippen LogP contribution is 2.37. The van der Waals surface area contributed by atoms with E-state index in [1.165, 1.54) is 35.2 Å². The van der Waals surface area contributed by atoms with Crippen LogP contribution in [-0.4, -0.2) is 6.54 Å². The van der Waals surface area contributed by atoms with Gasteiger partial charge >= 0.3 is 6.18 Å². The van der Waals surface area contributed by atoms with E-state index in [4.69, 9.17) is 5.73 Å². The summed E-state index contributed by atoms with van der Waals surface area (Å²) in [6.45, 7) is 2.05. The quantitative estimate of drug-likeness (QED) is 0.663. The molecule has 0 heterocycles. The molecule has 0 radical (unpaired) electrons. The molecule has 2 aromatic rings. The number of hydrogen-bond donors (Lipinski definition) is 1. The van der Waals surface area contributed by atoms with Gasteiger partial charge in [-0.15, -0.1) is 0 Å². The van der Waals surface area contributed by atoms with E-state index < -0.39 is 17.6 Å². The number of anilines is 3. The lowest BCUT2D eigenvalue weighted by Crippen LogP contribution is -2.19. The van der Waals surface area contributed by atoms with Gasteiger partial charge in [0, 0.05) is 17.9 Å². The Balaban J connectivity index is 2.52. The van der Waals surface area contributed by atoms with Gasteiger partial charge in [-0.3, -0.25) is 0 Å². The summed E-state index contributed by atoms with van der Waals surface area (Å²) in [5.41, 5.74) is 4.56. The Labute approximate surface area is 119 Å². The zero-order valence-corrected chi connectivity index (χ0v) is 11.3. The number of alkyl halides is 3. The maximum atomic E-state index is 13.8. The first-order valence-electron chi connectivity index (χ1n) is 6.33. The molecule has 0 aliphatic rings. The lowest BCUT2D eigenvalue weighted by molar-refractivity contribution is -0.136. The lowest BCUT2D eigenvalue weighted by Gasteiger charge is -2.25. The summed E-state index contributed by atoms with van der Waals surface area (Å²) < 4.78 is 52.6. The summed E-state index contributed by atoms with van der Waals surface area (Å²) in [6.07, 6.45) is -4.55. The zero-order valence-electron chi connectivity index (χ0n) is 11.3. The van der Waals surface area contributed by atoms with Crippen LogP contribution in [0.1, 0.15) is 12.5 Å². The van der Waals surface area contributed by atoms with Crippen LogP contribution in [0.15, 0.2) is 42.5 Å². The van der Waals surface area contributed by atoms with Crippen LogP contribution in [-0.2, 0) is 6.18 Å². The van der Waals surface area contributed by atoms with Gasteiger partial charge in [-0.2, -0.15) is 13.2 Å². The summed E-state index contributed by atoms with van der Waals surface area (Å²) in [4.78, 5) is 1.46. The summed E-state index contributed by atoms with van der Waals surface area (Å²) in [6, 6.07) is 9.50. The van der Waals surface area contributed by atoms with Crippen LogP contribution in [0, 0.1) is 5.82 Å². The Morgan fingerprint density at radius 3 is 2.33 bits per heavy atom. The van der Waals surface area contributed by atoms with Crippen molar-refractivity contribution in [1.29, 1.82) is 0 Å². The molecule has 2 aromatic carbocycles. The van der Waals surface area contributed by atoms with Crippen LogP contribution >= 0.6 is 0 Å². The van der Waals surface area contributed by atoms with Crippen molar-refractivity contribution in [3.8, 4) is 0 Å². The first-order chi connectivity index (χ1) is 9.84. The van der Waals surface area contributed by atoms with Crippen LogP contribution in [0.4, 0.5) is 34.6 Å². The molecule has 2 nitrogen and oxygen atoms in total. The van der Waals surface area contributed by atoms with Crippen LogP contribution in [0.5, 0.6) is 0 Å². The molecule has 2 rings (SSSR count). The Morgan fingerprint density at radius 1 is 1.10 bits per heavy atom. The molecule has 0 atom stereocenters. The van der Waals surface area contributed by atoms with E-state index in [0.717, 1.165) is 6.07 Å². The lowest BCUT2D eigenvalue weighted by atomic mass is 10.1. The predicted molar refractivity (Wildman–Crippen MR) is 74.9 cm³/mol. The number of halogens is 4. The third-order valence-electron chi connectivity index (χ3n) is 3.11. The molecule has 112 valence electrons. The smallest absolute Gasteiger partial charge is 0.398 e. The van der Waals surface area contributed by atoms with E-state index in [2.05, 4.69) is 0 Å². The molecule has 21 heavy (non-hydrogen) atoms. The molecule has 0 spiro atoms. The molecule has 0 saturated carbocycles. The molecule has 0 saturated heterocycles. The molecule has 0 amide bonds. The number of nitrogens with two attached hydrogens (primary N) is 1. The highest BCUT2D eigenvalue weighted by Gasteiger charge is 2.33. The van der Waals surface area contributed by atoms with Crippen molar-refractivity contribution in [3.05, 3.63) is 53.8 Å². The van der Waals surface area contributed by atoms with E-state index in [9.17, 15) is 17.6 Å². The Kier molecular flexibility index (Phi) is 4.06. The minimum Gasteiger partial charge on any atom is -0.398 e. The van der Waals surface area contributed by atoms with Gasteiger partial charge in [-0.05, 0) is 37.3 Å². The molecule has 0 bridgehead atoms. The van der Waals surface area contributed by atoms with Gasteiger partial charge in [0.2, 0.25) is 0 Å². The fourth-order valence-electron chi connectivity index (χ4n) is 2.12. The number of nitrogens with zero attached hydrogens (tertiary/aromatic N) is 1. The van der Waals surface area contributed by atoms with Gasteiger partial charge in [-0.1, -0.05) is 12.1 Å². The van der Waals surface area contributed by atoms with Gasteiger partial charge < -0.3 is 10.6 Å². The monoisotopic (exact) mass is 298 g/mol. The second-order valence-corrected chi connectivity index (χ2v) is 4.46. The largest absolute Gasteiger partial charge is 0.418 e. The van der Waals surface area contributed by atoms with Gasteiger partial charge in [-0.25, -0.2) is 4.39 Å². The minimum absolute atomic E-state index is 0.220. The molecule has 0 aliphatic carbocycles. The van der Waals surface area contributed by atoms with E-state index in [-0.39, 0.29) is 17.1 Å². The standard InChI is InChI=1S/C15H14F4N2/c1-2-21(14-6-4-3-5-12(14)16)10-7-8-13(20)11(9-10)15(17,18)19/h3-9H,2,20H2,1H3. The molecule has 2 N–H and O–H groups in total. The van der Waals surface area contributed by atoms with Crippen molar-refractivity contribution in [2.75, 3.05) is 17.2 Å². The molecule has 0 fully saturated rings. The van der Waals surface area contributed by atoms with Gasteiger partial charge in [0.25, 0.3) is 0 Å². The van der Waals surface area contributed by atoms with Crippen molar-refractivity contribution in [1.82, 2.24) is 0 Å². The Bertz CT molecular complexity index is 638. The number of benzene rings is 2. The minimum atomic E-state index is -4.55. The number of para-hydroxylation sites is 1. The van der Waals surface area contributed by atoms with Crippen molar-refractivity contribution in [2.45, 2.75) is 13.1 Å². The van der Waals surface area contributed by atoms with Crippen molar-refractivity contribution < 1.29 is 17.6 Å². The molecule has 0 unspecified atom stereocenters. The SMILES string of the molecule is CCN(c1ccc(N)c(C(F)(F)F)c1)c1ccccc1F. The van der Waals surface area contributed by atoms with Gasteiger partial charge in [0.15, 0.2) is 0 Å². The second-order valence-electron chi connectivity index (χ2n) is 4.46.